The number of hydrogen-bond donors (Lipinski definition) is 1. The highest BCUT2D eigenvalue weighted by atomic mass is 16.5. The lowest BCUT2D eigenvalue weighted by Gasteiger charge is -2.23. The summed E-state index contributed by atoms with van der Waals surface area (Å²) in [6, 6.07) is 12.4. The van der Waals surface area contributed by atoms with Crippen molar-refractivity contribution >= 4 is 17.7 Å². The minimum Gasteiger partial charge on any atom is -0.493 e. The van der Waals surface area contributed by atoms with Crippen LogP contribution >= 0.6 is 0 Å². The molecule has 2 aromatic rings. The van der Waals surface area contributed by atoms with Crippen molar-refractivity contribution < 1.29 is 23.9 Å². The van der Waals surface area contributed by atoms with Crippen LogP contribution in [-0.2, 0) is 9.59 Å². The smallest absolute Gasteiger partial charge is 0.316 e. The van der Waals surface area contributed by atoms with Crippen molar-refractivity contribution in [3.8, 4) is 11.5 Å². The highest BCUT2D eigenvalue weighted by molar-refractivity contribution is 5.99. The van der Waals surface area contributed by atoms with E-state index in [1.54, 1.807) is 45.0 Å². The van der Waals surface area contributed by atoms with Crippen LogP contribution in [0.1, 0.15) is 68.9 Å². The van der Waals surface area contributed by atoms with E-state index in [1.807, 2.05) is 45.9 Å². The Balaban J connectivity index is 1.80. The highest BCUT2D eigenvalue weighted by Gasteiger charge is 2.27. The third-order valence-electron chi connectivity index (χ3n) is 5.57. The van der Waals surface area contributed by atoms with E-state index in [9.17, 15) is 14.4 Å². The molecule has 0 aromatic heterocycles. The van der Waals surface area contributed by atoms with Crippen LogP contribution in [-0.4, -0.2) is 30.8 Å². The van der Waals surface area contributed by atoms with Crippen LogP contribution in [0.15, 0.2) is 42.5 Å². The Morgan fingerprint density at radius 3 is 2.18 bits per heavy atom. The van der Waals surface area contributed by atoms with E-state index in [2.05, 4.69) is 5.32 Å². The minimum absolute atomic E-state index is 0.0949. The van der Waals surface area contributed by atoms with Crippen LogP contribution in [0.3, 0.4) is 0 Å². The van der Waals surface area contributed by atoms with Gasteiger partial charge in [-0.2, -0.15) is 0 Å². The summed E-state index contributed by atoms with van der Waals surface area (Å²) in [7, 11) is 0. The largest absolute Gasteiger partial charge is 0.493 e. The topological polar surface area (TPSA) is 81.7 Å². The molecule has 1 amide bonds. The first kappa shape index (κ1) is 27.1. The average molecular weight is 468 g/mol. The van der Waals surface area contributed by atoms with E-state index >= 15 is 0 Å². The Bertz CT molecular complexity index is 1020. The van der Waals surface area contributed by atoms with Gasteiger partial charge in [0.2, 0.25) is 5.91 Å². The molecule has 0 bridgehead atoms. The van der Waals surface area contributed by atoms with E-state index in [1.165, 1.54) is 0 Å². The number of carbonyl (C=O) groups is 3. The van der Waals surface area contributed by atoms with Crippen molar-refractivity contribution in [1.82, 2.24) is 5.32 Å². The molecule has 0 aliphatic heterocycles. The standard InChI is InChI=1S/C28H37NO5/c1-19-9-10-20(2)24(17-19)33-16-8-15-28(6,7)25(31)29-18-23(30)21-11-13-22(14-12-21)34-26(32)27(3,4)5/h9-14,17H,8,15-16,18H2,1-7H3,(H,29,31). The van der Waals surface area contributed by atoms with Crippen molar-refractivity contribution in [1.29, 1.82) is 0 Å². The van der Waals surface area contributed by atoms with Crippen molar-refractivity contribution in [3.63, 3.8) is 0 Å². The molecule has 0 atom stereocenters. The first-order valence-electron chi connectivity index (χ1n) is 11.6. The number of carbonyl (C=O) groups excluding carboxylic acids is 3. The van der Waals surface area contributed by atoms with Gasteiger partial charge in [-0.05, 0) is 88.9 Å². The van der Waals surface area contributed by atoms with Gasteiger partial charge in [-0.15, -0.1) is 0 Å². The summed E-state index contributed by atoms with van der Waals surface area (Å²) in [6.45, 7) is 13.5. The summed E-state index contributed by atoms with van der Waals surface area (Å²) >= 11 is 0. The molecule has 1 N–H and O–H groups in total. The maximum atomic E-state index is 12.7. The van der Waals surface area contributed by atoms with Crippen LogP contribution in [0.4, 0.5) is 0 Å². The zero-order chi connectivity index (χ0) is 25.5. The number of amides is 1. The number of benzene rings is 2. The molecule has 6 nitrogen and oxygen atoms in total. The molecular weight excluding hydrogens is 430 g/mol. The SMILES string of the molecule is Cc1ccc(C)c(OCCCC(C)(C)C(=O)NCC(=O)c2ccc(OC(=O)C(C)(C)C)cc2)c1. The summed E-state index contributed by atoms with van der Waals surface area (Å²) in [4.78, 5) is 37.1. The normalized spacial score (nSPS) is 11.6. The predicted octanol–water partition coefficient (Wildman–Crippen LogP) is 5.44. The van der Waals surface area contributed by atoms with Crippen molar-refractivity contribution in [2.24, 2.45) is 10.8 Å². The molecule has 2 aromatic carbocycles. The first-order valence-corrected chi connectivity index (χ1v) is 11.6. The molecule has 0 unspecified atom stereocenters. The lowest BCUT2D eigenvalue weighted by molar-refractivity contribution is -0.143. The number of ketones is 1. The highest BCUT2D eigenvalue weighted by Crippen LogP contribution is 2.24. The van der Waals surface area contributed by atoms with Gasteiger partial charge in [0.15, 0.2) is 5.78 Å². The average Bonchev–Trinajstić information content (AvgIpc) is 2.76. The molecule has 2 rings (SSSR count). The van der Waals surface area contributed by atoms with Crippen LogP contribution < -0.4 is 14.8 Å². The molecule has 0 spiro atoms. The third-order valence-corrected chi connectivity index (χ3v) is 5.57. The first-order chi connectivity index (χ1) is 15.8. The number of nitrogens with one attached hydrogen (secondary N) is 1. The Labute approximate surface area is 203 Å². The van der Waals surface area contributed by atoms with Crippen LogP contribution in [0.2, 0.25) is 0 Å². The summed E-state index contributed by atoms with van der Waals surface area (Å²) in [5, 5.41) is 2.75. The Hall–Kier alpha value is -3.15. The van der Waals surface area contributed by atoms with Crippen molar-refractivity contribution in [2.75, 3.05) is 13.2 Å². The molecule has 0 fully saturated rings. The Morgan fingerprint density at radius 2 is 1.56 bits per heavy atom. The fourth-order valence-corrected chi connectivity index (χ4v) is 3.14. The number of ether oxygens (including phenoxy) is 2. The monoisotopic (exact) mass is 467 g/mol. The van der Waals surface area contributed by atoms with Gasteiger partial charge in [-0.25, -0.2) is 0 Å². The number of hydrogen-bond acceptors (Lipinski definition) is 5. The Morgan fingerprint density at radius 1 is 0.912 bits per heavy atom. The van der Waals surface area contributed by atoms with Gasteiger partial charge in [0.1, 0.15) is 11.5 Å². The van der Waals surface area contributed by atoms with Gasteiger partial charge in [0.25, 0.3) is 0 Å². The lowest BCUT2D eigenvalue weighted by Crippen LogP contribution is -2.39. The number of aryl methyl sites for hydroxylation is 2. The summed E-state index contributed by atoms with van der Waals surface area (Å²) in [6.07, 6.45) is 1.35. The quantitative estimate of drug-likeness (QED) is 0.218. The molecule has 0 saturated carbocycles. The molecule has 184 valence electrons. The van der Waals surface area contributed by atoms with Crippen molar-refractivity contribution in [2.45, 2.75) is 61.3 Å². The van der Waals surface area contributed by atoms with Crippen LogP contribution in [0.5, 0.6) is 11.5 Å². The van der Waals surface area contributed by atoms with Gasteiger partial charge in [0, 0.05) is 11.0 Å². The molecule has 6 heteroatoms. The second-order valence-corrected chi connectivity index (χ2v) is 10.4. The molecular formula is C28H37NO5. The van der Waals surface area contributed by atoms with Crippen LogP contribution in [0, 0.1) is 24.7 Å². The molecule has 0 heterocycles. The van der Waals surface area contributed by atoms with E-state index in [0.29, 0.717) is 24.3 Å². The third kappa shape index (κ3) is 8.01. The van der Waals surface area contributed by atoms with Crippen LogP contribution in [0.25, 0.3) is 0 Å². The number of esters is 1. The zero-order valence-electron chi connectivity index (χ0n) is 21.4. The fraction of sp³-hybridized carbons (Fsp3) is 0.464. The maximum Gasteiger partial charge on any atom is 0.316 e. The molecule has 34 heavy (non-hydrogen) atoms. The van der Waals surface area contributed by atoms with Gasteiger partial charge >= 0.3 is 5.97 Å². The molecule has 0 aliphatic carbocycles. The lowest BCUT2D eigenvalue weighted by atomic mass is 9.87. The molecule has 0 aliphatic rings. The van der Waals surface area contributed by atoms with Gasteiger partial charge in [-0.1, -0.05) is 26.0 Å². The van der Waals surface area contributed by atoms with E-state index in [-0.39, 0.29) is 24.2 Å². The molecule has 0 radical (unpaired) electrons. The Kier molecular flexibility index (Phi) is 9.02. The predicted molar refractivity (Wildman–Crippen MR) is 133 cm³/mol. The number of rotatable bonds is 10. The second kappa shape index (κ2) is 11.3. The van der Waals surface area contributed by atoms with Gasteiger partial charge in [0.05, 0.1) is 18.6 Å². The van der Waals surface area contributed by atoms with E-state index < -0.39 is 10.8 Å². The minimum atomic E-state index is -0.629. The summed E-state index contributed by atoms with van der Waals surface area (Å²) < 4.78 is 11.2. The zero-order valence-corrected chi connectivity index (χ0v) is 21.4. The van der Waals surface area contributed by atoms with E-state index in [0.717, 1.165) is 23.3 Å². The maximum absolute atomic E-state index is 12.7. The van der Waals surface area contributed by atoms with Crippen molar-refractivity contribution in [3.05, 3.63) is 59.2 Å². The van der Waals surface area contributed by atoms with Gasteiger partial charge < -0.3 is 14.8 Å². The fourth-order valence-electron chi connectivity index (χ4n) is 3.14. The summed E-state index contributed by atoms with van der Waals surface area (Å²) in [5.41, 5.74) is 1.43. The van der Waals surface area contributed by atoms with E-state index in [4.69, 9.17) is 9.47 Å². The van der Waals surface area contributed by atoms with Gasteiger partial charge in [-0.3, -0.25) is 14.4 Å². The summed E-state index contributed by atoms with van der Waals surface area (Å²) in [5.74, 6) is 0.511. The second-order valence-electron chi connectivity index (χ2n) is 10.4. The number of Topliss-reactive ketones (excluding diaryl/α,β-unsaturated/α-hetero) is 1. The molecule has 0 saturated heterocycles.